The number of benzene rings is 1. The van der Waals surface area contributed by atoms with Gasteiger partial charge in [-0.1, -0.05) is 23.7 Å². The number of aromatic nitrogens is 1. The highest BCUT2D eigenvalue weighted by molar-refractivity contribution is 6.35. The summed E-state index contributed by atoms with van der Waals surface area (Å²) in [5.74, 6) is 0.766. The summed E-state index contributed by atoms with van der Waals surface area (Å²) >= 11 is 6.19. The molecule has 3 rings (SSSR count). The number of aryl methyl sites for hydroxylation is 1. The number of pyridine rings is 1. The van der Waals surface area contributed by atoms with E-state index in [4.69, 9.17) is 16.3 Å². The molecule has 3 heteroatoms. The van der Waals surface area contributed by atoms with Crippen molar-refractivity contribution in [2.45, 2.75) is 32.8 Å². The molecule has 2 heterocycles. The molecule has 0 spiro atoms. The lowest BCUT2D eigenvalue weighted by Gasteiger charge is -2.24. The molecule has 2 aromatic rings. The average Bonchev–Trinajstić information content (AvgIpc) is 2.30. The standard InChI is InChI=1S/C14H14ClNO/c1-8-6-7-11-9(2)10-4-3-5-12(15)13(10)16-14(11)17-8/h3-5,8H,6-7H2,1-2H3. The van der Waals surface area contributed by atoms with Gasteiger partial charge in [-0.2, -0.15) is 0 Å². The van der Waals surface area contributed by atoms with Gasteiger partial charge in [-0.15, -0.1) is 0 Å². The van der Waals surface area contributed by atoms with Gasteiger partial charge in [0.15, 0.2) is 0 Å². The quantitative estimate of drug-likeness (QED) is 0.704. The fourth-order valence-electron chi connectivity index (χ4n) is 2.41. The summed E-state index contributed by atoms with van der Waals surface area (Å²) in [6.45, 7) is 4.20. The number of ether oxygens (including phenoxy) is 1. The first-order valence-electron chi connectivity index (χ1n) is 5.91. The van der Waals surface area contributed by atoms with E-state index < -0.39 is 0 Å². The predicted octanol–water partition coefficient (Wildman–Crippen LogP) is 3.91. The second-order valence-electron chi connectivity index (χ2n) is 4.62. The zero-order chi connectivity index (χ0) is 12.0. The summed E-state index contributed by atoms with van der Waals surface area (Å²) in [6.07, 6.45) is 2.34. The molecule has 17 heavy (non-hydrogen) atoms. The molecule has 0 fully saturated rings. The Morgan fingerprint density at radius 1 is 1.41 bits per heavy atom. The number of halogens is 1. The van der Waals surface area contributed by atoms with E-state index in [-0.39, 0.29) is 6.10 Å². The Hall–Kier alpha value is -1.28. The largest absolute Gasteiger partial charge is 0.474 e. The van der Waals surface area contributed by atoms with Gasteiger partial charge in [-0.05, 0) is 38.3 Å². The van der Waals surface area contributed by atoms with E-state index >= 15 is 0 Å². The number of hydrogen-bond donors (Lipinski definition) is 0. The zero-order valence-electron chi connectivity index (χ0n) is 9.96. The predicted molar refractivity (Wildman–Crippen MR) is 69.9 cm³/mol. The van der Waals surface area contributed by atoms with Gasteiger partial charge in [0.1, 0.15) is 0 Å². The van der Waals surface area contributed by atoms with Crippen molar-refractivity contribution in [1.82, 2.24) is 4.98 Å². The molecule has 0 saturated carbocycles. The summed E-state index contributed by atoms with van der Waals surface area (Å²) in [4.78, 5) is 4.57. The minimum Gasteiger partial charge on any atom is -0.474 e. The van der Waals surface area contributed by atoms with Crippen LogP contribution < -0.4 is 4.74 Å². The van der Waals surface area contributed by atoms with Gasteiger partial charge in [0.2, 0.25) is 5.88 Å². The maximum absolute atomic E-state index is 6.19. The summed E-state index contributed by atoms with van der Waals surface area (Å²) in [5, 5.41) is 1.82. The van der Waals surface area contributed by atoms with Gasteiger partial charge in [-0.3, -0.25) is 0 Å². The van der Waals surface area contributed by atoms with Crippen LogP contribution in [0.5, 0.6) is 5.88 Å². The molecule has 1 aromatic carbocycles. The molecule has 1 atom stereocenters. The Labute approximate surface area is 106 Å². The van der Waals surface area contributed by atoms with Crippen LogP contribution >= 0.6 is 11.6 Å². The van der Waals surface area contributed by atoms with Crippen molar-refractivity contribution in [3.05, 3.63) is 34.3 Å². The molecule has 1 aliphatic rings. The molecule has 0 N–H and O–H groups in total. The van der Waals surface area contributed by atoms with Gasteiger partial charge in [0.25, 0.3) is 0 Å². The summed E-state index contributed by atoms with van der Waals surface area (Å²) in [6, 6.07) is 5.91. The van der Waals surface area contributed by atoms with Crippen LogP contribution in [0.25, 0.3) is 10.9 Å². The summed E-state index contributed by atoms with van der Waals surface area (Å²) in [5.41, 5.74) is 3.33. The minimum atomic E-state index is 0.245. The SMILES string of the molecule is Cc1c2c(nc3c(Cl)cccc13)OC(C)CC2. The van der Waals surface area contributed by atoms with Crippen molar-refractivity contribution in [2.75, 3.05) is 0 Å². The number of hydrogen-bond acceptors (Lipinski definition) is 2. The van der Waals surface area contributed by atoms with Gasteiger partial charge < -0.3 is 4.74 Å². The fraction of sp³-hybridized carbons (Fsp3) is 0.357. The van der Waals surface area contributed by atoms with E-state index in [0.717, 1.165) is 29.6 Å². The van der Waals surface area contributed by atoms with Gasteiger partial charge >= 0.3 is 0 Å². The molecule has 0 saturated heterocycles. The maximum atomic E-state index is 6.19. The van der Waals surface area contributed by atoms with E-state index in [1.165, 1.54) is 11.1 Å². The van der Waals surface area contributed by atoms with E-state index in [9.17, 15) is 0 Å². The number of fused-ring (bicyclic) bond motifs is 2. The van der Waals surface area contributed by atoms with Crippen molar-refractivity contribution in [3.8, 4) is 5.88 Å². The normalized spacial score (nSPS) is 18.9. The Morgan fingerprint density at radius 3 is 3.06 bits per heavy atom. The Bertz CT molecular complexity index is 594. The first-order chi connectivity index (χ1) is 8.16. The molecule has 1 aromatic heterocycles. The third-order valence-corrected chi connectivity index (χ3v) is 3.73. The Kier molecular flexibility index (Phi) is 2.48. The molecular weight excluding hydrogens is 234 g/mol. The lowest BCUT2D eigenvalue weighted by atomic mass is 9.98. The third kappa shape index (κ3) is 1.67. The smallest absolute Gasteiger partial charge is 0.217 e. The molecule has 2 nitrogen and oxygen atoms in total. The summed E-state index contributed by atoms with van der Waals surface area (Å²) in [7, 11) is 0. The highest BCUT2D eigenvalue weighted by atomic mass is 35.5. The molecule has 0 amide bonds. The van der Waals surface area contributed by atoms with Crippen LogP contribution in [0.2, 0.25) is 5.02 Å². The van der Waals surface area contributed by atoms with Crippen LogP contribution in [0, 0.1) is 6.92 Å². The van der Waals surface area contributed by atoms with Gasteiger partial charge in [0.05, 0.1) is 16.6 Å². The summed E-state index contributed by atoms with van der Waals surface area (Å²) < 4.78 is 5.81. The highest BCUT2D eigenvalue weighted by Gasteiger charge is 2.21. The van der Waals surface area contributed by atoms with Gasteiger partial charge in [0, 0.05) is 10.9 Å². The third-order valence-electron chi connectivity index (χ3n) is 3.43. The van der Waals surface area contributed by atoms with Crippen LogP contribution in [0.1, 0.15) is 24.5 Å². The average molecular weight is 248 g/mol. The fourth-order valence-corrected chi connectivity index (χ4v) is 2.63. The number of rotatable bonds is 0. The van der Waals surface area contributed by atoms with Crippen LogP contribution in [0.4, 0.5) is 0 Å². The molecular formula is C14H14ClNO. The maximum Gasteiger partial charge on any atom is 0.217 e. The monoisotopic (exact) mass is 247 g/mol. The molecule has 0 bridgehead atoms. The van der Waals surface area contributed by atoms with Crippen molar-refractivity contribution < 1.29 is 4.74 Å². The van der Waals surface area contributed by atoms with E-state index in [2.05, 4.69) is 24.9 Å². The zero-order valence-corrected chi connectivity index (χ0v) is 10.7. The minimum absolute atomic E-state index is 0.245. The first kappa shape index (κ1) is 10.8. The second-order valence-corrected chi connectivity index (χ2v) is 5.03. The molecule has 1 unspecified atom stereocenters. The van der Waals surface area contributed by atoms with Crippen LogP contribution in [0.15, 0.2) is 18.2 Å². The van der Waals surface area contributed by atoms with Crippen LogP contribution in [0.3, 0.4) is 0 Å². The Morgan fingerprint density at radius 2 is 2.24 bits per heavy atom. The molecule has 1 aliphatic heterocycles. The number of para-hydroxylation sites is 1. The van der Waals surface area contributed by atoms with Crippen molar-refractivity contribution in [2.24, 2.45) is 0 Å². The lowest BCUT2D eigenvalue weighted by Crippen LogP contribution is -2.20. The van der Waals surface area contributed by atoms with Crippen molar-refractivity contribution >= 4 is 22.5 Å². The van der Waals surface area contributed by atoms with Gasteiger partial charge in [-0.25, -0.2) is 4.98 Å². The van der Waals surface area contributed by atoms with E-state index in [1.54, 1.807) is 0 Å². The highest BCUT2D eigenvalue weighted by Crippen LogP contribution is 2.34. The molecule has 0 aliphatic carbocycles. The second kappa shape index (κ2) is 3.88. The van der Waals surface area contributed by atoms with Crippen LogP contribution in [-0.2, 0) is 6.42 Å². The van der Waals surface area contributed by atoms with E-state index in [0.29, 0.717) is 5.02 Å². The topological polar surface area (TPSA) is 22.1 Å². The lowest BCUT2D eigenvalue weighted by molar-refractivity contribution is 0.184. The number of nitrogens with zero attached hydrogens (tertiary/aromatic N) is 1. The Balaban J connectivity index is 2.32. The van der Waals surface area contributed by atoms with Crippen molar-refractivity contribution in [3.63, 3.8) is 0 Å². The van der Waals surface area contributed by atoms with Crippen LogP contribution in [-0.4, -0.2) is 11.1 Å². The molecule has 88 valence electrons. The molecule has 0 radical (unpaired) electrons. The first-order valence-corrected chi connectivity index (χ1v) is 6.29. The van der Waals surface area contributed by atoms with E-state index in [1.807, 2.05) is 12.1 Å². The van der Waals surface area contributed by atoms with Crippen molar-refractivity contribution in [1.29, 1.82) is 0 Å².